The minimum Gasteiger partial charge on any atom is -0.306 e. The highest BCUT2D eigenvalue weighted by atomic mass is 32.2. The summed E-state index contributed by atoms with van der Waals surface area (Å²) in [7, 11) is 0. The highest BCUT2D eigenvalue weighted by Gasteiger charge is 2.17. The summed E-state index contributed by atoms with van der Waals surface area (Å²) in [5.74, 6) is 0.463. The van der Waals surface area contributed by atoms with E-state index < -0.39 is 0 Å². The number of carbonyl (C=O) groups excluding carboxylic acids is 1. The second-order valence-electron chi connectivity index (χ2n) is 6.64. The number of fused-ring (bicyclic) bond motifs is 1. The predicted octanol–water partition coefficient (Wildman–Crippen LogP) is 5.38. The van der Waals surface area contributed by atoms with Gasteiger partial charge in [-0.2, -0.15) is 9.78 Å². The Labute approximate surface area is 171 Å². The third kappa shape index (κ3) is 3.43. The molecule has 0 aliphatic heterocycles. The van der Waals surface area contributed by atoms with Gasteiger partial charge in [0.05, 0.1) is 21.5 Å². The molecule has 1 amide bonds. The summed E-state index contributed by atoms with van der Waals surface area (Å²) in [5, 5.41) is 8.30. The molecule has 0 unspecified atom stereocenters. The summed E-state index contributed by atoms with van der Waals surface area (Å²) in [6.07, 6.45) is 1.96. The molecule has 2 heterocycles. The van der Waals surface area contributed by atoms with Gasteiger partial charge < -0.3 is 5.32 Å². The number of aromatic nitrogens is 3. The van der Waals surface area contributed by atoms with E-state index in [9.17, 15) is 4.79 Å². The average Bonchev–Trinajstić information content (AvgIpc) is 3.24. The molecular weight excluding hydrogens is 388 g/mol. The van der Waals surface area contributed by atoms with E-state index in [1.807, 2.05) is 43.5 Å². The first-order chi connectivity index (χ1) is 13.5. The van der Waals surface area contributed by atoms with Crippen molar-refractivity contribution in [3.8, 4) is 5.13 Å². The fourth-order valence-electron chi connectivity index (χ4n) is 3.01. The summed E-state index contributed by atoms with van der Waals surface area (Å²) < 4.78 is 2.82. The molecule has 0 aliphatic rings. The van der Waals surface area contributed by atoms with Crippen molar-refractivity contribution in [2.45, 2.75) is 25.7 Å². The number of aryl methyl sites for hydroxylation is 3. The first-order valence-electron chi connectivity index (χ1n) is 8.85. The van der Waals surface area contributed by atoms with E-state index in [1.165, 1.54) is 11.1 Å². The normalized spacial score (nSPS) is 11.1. The molecule has 7 heteroatoms. The lowest BCUT2D eigenvalue weighted by Gasteiger charge is -2.09. The first-order valence-corrected chi connectivity index (χ1v) is 10.9. The van der Waals surface area contributed by atoms with Crippen molar-refractivity contribution in [1.82, 2.24) is 14.8 Å². The van der Waals surface area contributed by atoms with Gasteiger partial charge in [0.25, 0.3) is 5.91 Å². The van der Waals surface area contributed by atoms with Gasteiger partial charge in [-0.05, 0) is 62.4 Å². The number of anilines is 1. The molecule has 2 aromatic carbocycles. The number of hydrogen-bond acceptors (Lipinski definition) is 5. The predicted molar refractivity (Wildman–Crippen MR) is 117 cm³/mol. The Balaban J connectivity index is 1.72. The Morgan fingerprint density at radius 3 is 2.64 bits per heavy atom. The number of thiazole rings is 1. The van der Waals surface area contributed by atoms with Crippen molar-refractivity contribution >= 4 is 45.0 Å². The molecule has 0 aliphatic carbocycles. The molecule has 0 atom stereocenters. The Kier molecular flexibility index (Phi) is 4.95. The van der Waals surface area contributed by atoms with Gasteiger partial charge in [0, 0.05) is 11.0 Å². The molecule has 0 saturated carbocycles. The van der Waals surface area contributed by atoms with E-state index in [0.717, 1.165) is 25.9 Å². The number of nitrogens with one attached hydrogen (secondary N) is 1. The minimum absolute atomic E-state index is 0.154. The third-order valence-electron chi connectivity index (χ3n) is 4.60. The second kappa shape index (κ2) is 7.41. The summed E-state index contributed by atoms with van der Waals surface area (Å²) in [4.78, 5) is 18.5. The van der Waals surface area contributed by atoms with Gasteiger partial charge in [-0.15, -0.1) is 11.8 Å². The van der Waals surface area contributed by atoms with Crippen molar-refractivity contribution < 1.29 is 4.79 Å². The smallest absolute Gasteiger partial charge is 0.257 e. The van der Waals surface area contributed by atoms with Gasteiger partial charge in [0.2, 0.25) is 5.13 Å². The molecule has 1 N–H and O–H groups in total. The number of carbonyl (C=O) groups is 1. The number of amides is 1. The number of thioether (sulfide) groups is 1. The summed E-state index contributed by atoms with van der Waals surface area (Å²) in [6.45, 7) is 6.09. The number of benzene rings is 2. The van der Waals surface area contributed by atoms with E-state index in [2.05, 4.69) is 36.4 Å². The van der Waals surface area contributed by atoms with Crippen LogP contribution in [0.4, 0.5) is 5.82 Å². The fourth-order valence-corrected chi connectivity index (χ4v) is 4.62. The van der Waals surface area contributed by atoms with E-state index in [-0.39, 0.29) is 5.91 Å². The van der Waals surface area contributed by atoms with Gasteiger partial charge in [-0.3, -0.25) is 4.79 Å². The third-order valence-corrected chi connectivity index (χ3v) is 6.39. The Morgan fingerprint density at radius 2 is 1.86 bits per heavy atom. The Morgan fingerprint density at radius 1 is 1.11 bits per heavy atom. The van der Waals surface area contributed by atoms with E-state index in [4.69, 9.17) is 4.98 Å². The van der Waals surface area contributed by atoms with Crippen LogP contribution in [0.1, 0.15) is 27.2 Å². The molecule has 2 aromatic heterocycles. The summed E-state index contributed by atoms with van der Waals surface area (Å²) >= 11 is 3.12. The van der Waals surface area contributed by atoms with Gasteiger partial charge in [-0.1, -0.05) is 23.5 Å². The van der Waals surface area contributed by atoms with Crippen LogP contribution in [0.25, 0.3) is 15.3 Å². The highest BCUT2D eigenvalue weighted by Crippen LogP contribution is 2.30. The van der Waals surface area contributed by atoms with E-state index in [0.29, 0.717) is 11.4 Å². The topological polar surface area (TPSA) is 59.8 Å². The van der Waals surface area contributed by atoms with Gasteiger partial charge >= 0.3 is 0 Å². The SMILES string of the molecule is CSc1ccccc1C(=O)Nc1cc(C)nn1-c1nc2cc(C)c(C)cc2s1. The van der Waals surface area contributed by atoms with Crippen LogP contribution in [0.3, 0.4) is 0 Å². The molecule has 0 saturated heterocycles. The van der Waals surface area contributed by atoms with Crippen LogP contribution in [0.5, 0.6) is 0 Å². The largest absolute Gasteiger partial charge is 0.306 e. The zero-order chi connectivity index (χ0) is 19.8. The van der Waals surface area contributed by atoms with Crippen LogP contribution in [-0.4, -0.2) is 26.9 Å². The Hall–Kier alpha value is -2.64. The molecule has 0 radical (unpaired) electrons. The van der Waals surface area contributed by atoms with Crippen LogP contribution >= 0.6 is 23.1 Å². The lowest BCUT2D eigenvalue weighted by atomic mass is 10.1. The monoisotopic (exact) mass is 408 g/mol. The number of hydrogen-bond donors (Lipinski definition) is 1. The first kappa shape index (κ1) is 18.7. The molecule has 0 spiro atoms. The van der Waals surface area contributed by atoms with Gasteiger partial charge in [0.1, 0.15) is 5.82 Å². The maximum atomic E-state index is 12.9. The van der Waals surface area contributed by atoms with Crippen LogP contribution in [0.2, 0.25) is 0 Å². The van der Waals surface area contributed by atoms with Crippen LogP contribution in [0, 0.1) is 20.8 Å². The number of nitrogens with zero attached hydrogens (tertiary/aromatic N) is 3. The van der Waals surface area contributed by atoms with E-state index in [1.54, 1.807) is 27.8 Å². The van der Waals surface area contributed by atoms with Crippen molar-refractivity contribution in [2.75, 3.05) is 11.6 Å². The fraction of sp³-hybridized carbons (Fsp3) is 0.190. The lowest BCUT2D eigenvalue weighted by molar-refractivity contribution is 0.102. The zero-order valence-corrected chi connectivity index (χ0v) is 17.7. The molecule has 0 bridgehead atoms. The standard InChI is InChI=1S/C21H20N4OS2/c1-12-9-16-18(10-13(12)2)28-21(22-16)25-19(11-14(3)24-25)23-20(26)15-7-5-6-8-17(15)27-4/h5-11H,1-4H3,(H,23,26). The van der Waals surface area contributed by atoms with Crippen molar-refractivity contribution in [2.24, 2.45) is 0 Å². The van der Waals surface area contributed by atoms with Gasteiger partial charge in [-0.25, -0.2) is 4.98 Å². The quantitative estimate of drug-likeness (QED) is 0.461. The summed E-state index contributed by atoms with van der Waals surface area (Å²) in [5.41, 5.74) is 4.86. The van der Waals surface area contributed by atoms with Crippen molar-refractivity contribution in [3.05, 3.63) is 64.8 Å². The lowest BCUT2D eigenvalue weighted by Crippen LogP contribution is -2.15. The molecule has 28 heavy (non-hydrogen) atoms. The molecule has 5 nitrogen and oxygen atoms in total. The van der Waals surface area contributed by atoms with Crippen LogP contribution in [-0.2, 0) is 0 Å². The molecular formula is C21H20N4OS2. The molecule has 0 fully saturated rings. The van der Waals surface area contributed by atoms with Crippen LogP contribution < -0.4 is 5.32 Å². The molecule has 142 valence electrons. The highest BCUT2D eigenvalue weighted by molar-refractivity contribution is 7.98. The maximum Gasteiger partial charge on any atom is 0.257 e. The minimum atomic E-state index is -0.154. The average molecular weight is 409 g/mol. The maximum absolute atomic E-state index is 12.9. The van der Waals surface area contributed by atoms with E-state index >= 15 is 0 Å². The molecule has 4 rings (SSSR count). The van der Waals surface area contributed by atoms with Crippen LogP contribution in [0.15, 0.2) is 47.4 Å². The van der Waals surface area contributed by atoms with Gasteiger partial charge in [0.15, 0.2) is 0 Å². The van der Waals surface area contributed by atoms with Crippen molar-refractivity contribution in [1.29, 1.82) is 0 Å². The number of rotatable bonds is 4. The summed E-state index contributed by atoms with van der Waals surface area (Å²) in [6, 6.07) is 13.7. The zero-order valence-electron chi connectivity index (χ0n) is 16.1. The van der Waals surface area contributed by atoms with Crippen molar-refractivity contribution in [3.63, 3.8) is 0 Å². The molecule has 4 aromatic rings. The Bertz CT molecular complexity index is 1150. The second-order valence-corrected chi connectivity index (χ2v) is 8.49.